The molecule has 1 heteroatoms. The average Bonchev–Trinajstić information content (AvgIpc) is 2.15. The minimum absolute atomic E-state index is 0.657. The highest BCUT2D eigenvalue weighted by molar-refractivity contribution is 5.14. The third-order valence-corrected chi connectivity index (χ3v) is 2.16. The summed E-state index contributed by atoms with van der Waals surface area (Å²) < 4.78 is 0. The minimum atomic E-state index is 0.657. The van der Waals surface area contributed by atoms with Gasteiger partial charge in [0.25, 0.3) is 0 Å². The number of hydrogen-bond acceptors (Lipinski definition) is 1. The van der Waals surface area contributed by atoms with Gasteiger partial charge in [0.15, 0.2) is 0 Å². The van der Waals surface area contributed by atoms with Crippen molar-refractivity contribution in [2.75, 3.05) is 0 Å². The van der Waals surface area contributed by atoms with Gasteiger partial charge in [0.2, 0.25) is 0 Å². The van der Waals surface area contributed by atoms with Gasteiger partial charge in [0, 0.05) is 12.4 Å². The molecule has 1 unspecified atom stereocenters. The Labute approximate surface area is 74.8 Å². The smallest absolute Gasteiger partial charge is 0.0270 e. The van der Waals surface area contributed by atoms with E-state index in [1.165, 1.54) is 18.4 Å². The van der Waals surface area contributed by atoms with Gasteiger partial charge in [-0.3, -0.25) is 4.98 Å². The van der Waals surface area contributed by atoms with Crippen LogP contribution in [0.2, 0.25) is 0 Å². The normalized spacial score (nSPS) is 12.8. The van der Waals surface area contributed by atoms with Crippen LogP contribution in [-0.2, 0) is 0 Å². The maximum atomic E-state index is 4.00. The monoisotopic (exact) mass is 162 g/mol. The van der Waals surface area contributed by atoms with Gasteiger partial charge < -0.3 is 0 Å². The highest BCUT2D eigenvalue weighted by atomic mass is 14.6. The number of unbranched alkanes of at least 4 members (excludes halogenated alkanes) is 1. The molecule has 1 atom stereocenters. The Hall–Kier alpha value is -0.850. The van der Waals surface area contributed by atoms with Gasteiger partial charge >= 0.3 is 0 Å². The summed E-state index contributed by atoms with van der Waals surface area (Å²) >= 11 is 0. The summed E-state index contributed by atoms with van der Waals surface area (Å²) in [6, 6.07) is 4.20. The SMILES string of the molecule is C[CH]CCC(C)c1ccncc1. The summed E-state index contributed by atoms with van der Waals surface area (Å²) in [7, 11) is 0. The quantitative estimate of drug-likeness (QED) is 0.662. The van der Waals surface area contributed by atoms with E-state index in [1.54, 1.807) is 0 Å². The Balaban J connectivity index is 2.48. The minimum Gasteiger partial charge on any atom is -0.265 e. The molecule has 0 saturated carbocycles. The van der Waals surface area contributed by atoms with E-state index in [1.807, 2.05) is 12.4 Å². The van der Waals surface area contributed by atoms with Crippen LogP contribution in [0.4, 0.5) is 0 Å². The van der Waals surface area contributed by atoms with Crippen molar-refractivity contribution in [3.05, 3.63) is 36.5 Å². The third-order valence-electron chi connectivity index (χ3n) is 2.16. The first-order valence-electron chi connectivity index (χ1n) is 4.52. The fourth-order valence-corrected chi connectivity index (χ4v) is 1.28. The van der Waals surface area contributed by atoms with Crippen LogP contribution in [0, 0.1) is 6.42 Å². The van der Waals surface area contributed by atoms with Crippen LogP contribution in [0.3, 0.4) is 0 Å². The van der Waals surface area contributed by atoms with Crippen LogP contribution in [0.5, 0.6) is 0 Å². The Morgan fingerprint density at radius 1 is 1.42 bits per heavy atom. The van der Waals surface area contributed by atoms with Crippen LogP contribution in [0.15, 0.2) is 24.5 Å². The molecule has 0 N–H and O–H groups in total. The molecule has 65 valence electrons. The Bertz CT molecular complexity index is 206. The van der Waals surface area contributed by atoms with Crippen molar-refractivity contribution >= 4 is 0 Å². The molecule has 12 heavy (non-hydrogen) atoms. The predicted molar refractivity (Wildman–Crippen MR) is 51.9 cm³/mol. The first-order chi connectivity index (χ1) is 5.84. The lowest BCUT2D eigenvalue weighted by Gasteiger charge is -2.09. The van der Waals surface area contributed by atoms with E-state index < -0.39 is 0 Å². The molecule has 0 aromatic carbocycles. The first-order valence-corrected chi connectivity index (χ1v) is 4.52. The summed E-state index contributed by atoms with van der Waals surface area (Å²) in [6.07, 6.45) is 8.38. The maximum Gasteiger partial charge on any atom is 0.0270 e. The summed E-state index contributed by atoms with van der Waals surface area (Å²) in [5.74, 6) is 0.657. The number of hydrogen-bond donors (Lipinski definition) is 0. The third kappa shape index (κ3) is 2.65. The van der Waals surface area contributed by atoms with E-state index >= 15 is 0 Å². The zero-order valence-electron chi connectivity index (χ0n) is 7.83. The molecule has 0 aliphatic carbocycles. The molecular formula is C11H16N. The van der Waals surface area contributed by atoms with Crippen LogP contribution in [0.25, 0.3) is 0 Å². The largest absolute Gasteiger partial charge is 0.265 e. The topological polar surface area (TPSA) is 12.9 Å². The molecule has 1 aromatic heterocycles. The standard InChI is InChI=1S/C11H16N/c1-3-4-5-10(2)11-6-8-12-9-7-11/h3,6-10H,4-5H2,1-2H3. The van der Waals surface area contributed by atoms with Crippen LogP contribution < -0.4 is 0 Å². The highest BCUT2D eigenvalue weighted by Gasteiger charge is 2.02. The lowest BCUT2D eigenvalue weighted by Crippen LogP contribution is -1.93. The van der Waals surface area contributed by atoms with Crippen LogP contribution in [0.1, 0.15) is 38.2 Å². The summed E-state index contributed by atoms with van der Waals surface area (Å²) in [5.41, 5.74) is 1.40. The van der Waals surface area contributed by atoms with E-state index in [-0.39, 0.29) is 0 Å². The van der Waals surface area contributed by atoms with Gasteiger partial charge in [-0.1, -0.05) is 13.8 Å². The van der Waals surface area contributed by atoms with Gasteiger partial charge in [0.1, 0.15) is 0 Å². The molecule has 1 heterocycles. The van der Waals surface area contributed by atoms with Gasteiger partial charge in [-0.15, -0.1) is 0 Å². The molecule has 1 rings (SSSR count). The van der Waals surface area contributed by atoms with Gasteiger partial charge in [-0.2, -0.15) is 0 Å². The first kappa shape index (κ1) is 9.24. The molecule has 0 bridgehead atoms. The molecule has 0 saturated heterocycles. The molecule has 1 nitrogen and oxygen atoms in total. The van der Waals surface area contributed by atoms with Crippen molar-refractivity contribution in [3.63, 3.8) is 0 Å². The van der Waals surface area contributed by atoms with E-state index in [0.717, 1.165) is 0 Å². The zero-order chi connectivity index (χ0) is 8.81. The van der Waals surface area contributed by atoms with Crippen LogP contribution >= 0.6 is 0 Å². The number of nitrogens with zero attached hydrogens (tertiary/aromatic N) is 1. The van der Waals surface area contributed by atoms with Crippen molar-refractivity contribution < 1.29 is 0 Å². The Kier molecular flexibility index (Phi) is 3.78. The number of rotatable bonds is 4. The fourth-order valence-electron chi connectivity index (χ4n) is 1.28. The zero-order valence-corrected chi connectivity index (χ0v) is 7.83. The van der Waals surface area contributed by atoms with Crippen molar-refractivity contribution in [1.29, 1.82) is 0 Å². The Morgan fingerprint density at radius 3 is 2.67 bits per heavy atom. The van der Waals surface area contributed by atoms with Gasteiger partial charge in [-0.05, 0) is 42.9 Å². The van der Waals surface area contributed by atoms with Crippen molar-refractivity contribution in [1.82, 2.24) is 4.98 Å². The molecule has 1 radical (unpaired) electrons. The summed E-state index contributed by atoms with van der Waals surface area (Å²) in [5, 5.41) is 0. The second-order valence-corrected chi connectivity index (χ2v) is 3.17. The van der Waals surface area contributed by atoms with E-state index in [9.17, 15) is 0 Å². The Morgan fingerprint density at radius 2 is 2.08 bits per heavy atom. The number of aromatic nitrogens is 1. The molecular weight excluding hydrogens is 146 g/mol. The average molecular weight is 162 g/mol. The summed E-state index contributed by atoms with van der Waals surface area (Å²) in [4.78, 5) is 4.00. The molecule has 1 aromatic rings. The molecule has 0 fully saturated rings. The van der Waals surface area contributed by atoms with Crippen molar-refractivity contribution in [3.8, 4) is 0 Å². The van der Waals surface area contributed by atoms with E-state index in [4.69, 9.17) is 0 Å². The van der Waals surface area contributed by atoms with E-state index in [0.29, 0.717) is 5.92 Å². The summed E-state index contributed by atoms with van der Waals surface area (Å²) in [6.45, 7) is 4.37. The highest BCUT2D eigenvalue weighted by Crippen LogP contribution is 2.19. The maximum absolute atomic E-state index is 4.00. The van der Waals surface area contributed by atoms with Gasteiger partial charge in [-0.25, -0.2) is 0 Å². The second-order valence-electron chi connectivity index (χ2n) is 3.17. The molecule has 0 amide bonds. The second kappa shape index (κ2) is 4.91. The molecule has 0 spiro atoms. The lowest BCUT2D eigenvalue weighted by molar-refractivity contribution is 0.672. The fraction of sp³-hybridized carbons (Fsp3) is 0.455. The predicted octanol–water partition coefficient (Wildman–Crippen LogP) is 3.19. The van der Waals surface area contributed by atoms with Crippen molar-refractivity contribution in [2.24, 2.45) is 0 Å². The lowest BCUT2D eigenvalue weighted by atomic mass is 9.97. The molecule has 0 aliphatic rings. The number of pyridine rings is 1. The van der Waals surface area contributed by atoms with E-state index in [2.05, 4.69) is 37.4 Å². The van der Waals surface area contributed by atoms with Crippen molar-refractivity contribution in [2.45, 2.75) is 32.6 Å². The van der Waals surface area contributed by atoms with Gasteiger partial charge in [0.05, 0.1) is 0 Å². The molecule has 0 aliphatic heterocycles. The van der Waals surface area contributed by atoms with Crippen LogP contribution in [-0.4, -0.2) is 4.98 Å².